The van der Waals surface area contributed by atoms with Crippen LogP contribution in [0.2, 0.25) is 0 Å². The van der Waals surface area contributed by atoms with Crippen molar-refractivity contribution in [3.63, 3.8) is 0 Å². The average Bonchev–Trinajstić information content (AvgIpc) is 2.71. The van der Waals surface area contributed by atoms with Crippen LogP contribution in [0, 0.1) is 5.82 Å². The Morgan fingerprint density at radius 2 is 2.06 bits per heavy atom. The van der Waals surface area contributed by atoms with Gasteiger partial charge in [-0.2, -0.15) is 0 Å². The summed E-state index contributed by atoms with van der Waals surface area (Å²) in [6.45, 7) is 0. The van der Waals surface area contributed by atoms with Gasteiger partial charge in [0.2, 0.25) is 0 Å². The summed E-state index contributed by atoms with van der Waals surface area (Å²) in [6.07, 6.45) is 0. The maximum atomic E-state index is 13.5. The number of thiophene rings is 1. The molecule has 1 aromatic heterocycles. The van der Waals surface area contributed by atoms with Gasteiger partial charge in [0.05, 0.1) is 5.69 Å². The van der Waals surface area contributed by atoms with Crippen LogP contribution in [-0.2, 0) is 10.0 Å². The summed E-state index contributed by atoms with van der Waals surface area (Å²) in [4.78, 5) is 0. The minimum absolute atomic E-state index is 0.0336. The highest BCUT2D eigenvalue weighted by atomic mass is 79.9. The van der Waals surface area contributed by atoms with E-state index in [0.29, 0.717) is 4.47 Å². The third-order valence-corrected chi connectivity index (χ3v) is 6.13. The lowest BCUT2D eigenvalue weighted by Crippen LogP contribution is -2.14. The van der Waals surface area contributed by atoms with Crippen molar-refractivity contribution in [1.29, 1.82) is 0 Å². The Hall–Kier alpha value is -1.12. The largest absolute Gasteiger partial charge is 0.397 e. The van der Waals surface area contributed by atoms with E-state index in [4.69, 9.17) is 5.73 Å². The van der Waals surface area contributed by atoms with Crippen LogP contribution in [0.15, 0.2) is 38.3 Å². The molecule has 0 aliphatic heterocycles. The number of nitrogens with one attached hydrogen (secondary N) is 1. The molecule has 0 atom stereocenters. The van der Waals surface area contributed by atoms with Gasteiger partial charge in [0, 0.05) is 4.47 Å². The van der Waals surface area contributed by atoms with Crippen LogP contribution in [0.1, 0.15) is 0 Å². The molecule has 0 saturated heterocycles. The molecule has 1 heterocycles. The van der Waals surface area contributed by atoms with Crippen molar-refractivity contribution in [2.75, 3.05) is 10.5 Å². The second-order valence-electron chi connectivity index (χ2n) is 3.37. The van der Waals surface area contributed by atoms with E-state index in [1.807, 2.05) is 0 Å². The van der Waals surface area contributed by atoms with Gasteiger partial charge in [-0.05, 0) is 39.5 Å². The topological polar surface area (TPSA) is 72.2 Å². The smallest absolute Gasteiger partial charge is 0.272 e. The van der Waals surface area contributed by atoms with E-state index >= 15 is 0 Å². The lowest BCUT2D eigenvalue weighted by molar-refractivity contribution is 0.600. The third kappa shape index (κ3) is 2.50. The number of benzene rings is 1. The number of para-hydroxylation sites is 1. The van der Waals surface area contributed by atoms with Crippen molar-refractivity contribution < 1.29 is 12.8 Å². The summed E-state index contributed by atoms with van der Waals surface area (Å²) < 4.78 is 40.2. The Morgan fingerprint density at radius 1 is 1.33 bits per heavy atom. The molecule has 0 amide bonds. The molecule has 0 aliphatic carbocycles. The Bertz CT molecular complexity index is 665. The summed E-state index contributed by atoms with van der Waals surface area (Å²) >= 11 is 4.15. The first-order valence-electron chi connectivity index (χ1n) is 4.71. The quantitative estimate of drug-likeness (QED) is 0.835. The maximum Gasteiger partial charge on any atom is 0.272 e. The first-order chi connectivity index (χ1) is 8.42. The van der Waals surface area contributed by atoms with Gasteiger partial charge in [-0.1, -0.05) is 6.07 Å². The normalized spacial score (nSPS) is 11.4. The predicted molar refractivity (Wildman–Crippen MR) is 73.6 cm³/mol. The van der Waals surface area contributed by atoms with Gasteiger partial charge in [0.1, 0.15) is 11.5 Å². The van der Waals surface area contributed by atoms with Gasteiger partial charge in [0.25, 0.3) is 10.0 Å². The summed E-state index contributed by atoms with van der Waals surface area (Å²) in [5, 5.41) is 1.61. The third-order valence-electron chi connectivity index (χ3n) is 2.11. The van der Waals surface area contributed by atoms with Crippen molar-refractivity contribution >= 4 is 48.7 Å². The molecule has 3 N–H and O–H groups in total. The number of nitrogen functional groups attached to an aromatic ring is 1. The van der Waals surface area contributed by atoms with E-state index in [0.717, 1.165) is 17.4 Å². The highest BCUT2D eigenvalue weighted by molar-refractivity contribution is 9.10. The number of anilines is 2. The highest BCUT2D eigenvalue weighted by Crippen LogP contribution is 2.31. The highest BCUT2D eigenvalue weighted by Gasteiger charge is 2.21. The number of nitrogens with two attached hydrogens (primary N) is 1. The standard InChI is InChI=1S/C10H8BrFN2O2S2/c11-6-4-5-17-10(6)18(15,16)14-9-7(12)2-1-3-8(9)13/h1-5,14H,13H2. The van der Waals surface area contributed by atoms with Gasteiger partial charge in [0.15, 0.2) is 4.21 Å². The van der Waals surface area contributed by atoms with Gasteiger partial charge in [-0.25, -0.2) is 12.8 Å². The van der Waals surface area contributed by atoms with Crippen molar-refractivity contribution in [2.45, 2.75) is 4.21 Å². The molecular weight excluding hydrogens is 343 g/mol. The molecule has 96 valence electrons. The molecule has 0 fully saturated rings. The Labute approximate surface area is 116 Å². The minimum Gasteiger partial charge on any atom is -0.397 e. The molecule has 0 bridgehead atoms. The van der Waals surface area contributed by atoms with Crippen molar-refractivity contribution in [3.8, 4) is 0 Å². The molecule has 2 aromatic rings. The molecule has 0 aliphatic rings. The van der Waals surface area contributed by atoms with E-state index in [9.17, 15) is 12.8 Å². The fraction of sp³-hybridized carbons (Fsp3) is 0. The predicted octanol–water partition coefficient (Wildman–Crippen LogP) is 3.03. The summed E-state index contributed by atoms with van der Waals surface area (Å²) in [5.74, 6) is -0.716. The molecule has 0 saturated carbocycles. The van der Waals surface area contributed by atoms with E-state index in [1.165, 1.54) is 12.1 Å². The fourth-order valence-electron chi connectivity index (χ4n) is 1.30. The van der Waals surface area contributed by atoms with Crippen LogP contribution >= 0.6 is 27.3 Å². The molecule has 18 heavy (non-hydrogen) atoms. The molecule has 0 radical (unpaired) electrons. The van der Waals surface area contributed by atoms with Crippen LogP contribution < -0.4 is 10.5 Å². The van der Waals surface area contributed by atoms with Crippen LogP contribution in [-0.4, -0.2) is 8.42 Å². The van der Waals surface area contributed by atoms with Crippen LogP contribution in [0.4, 0.5) is 15.8 Å². The van der Waals surface area contributed by atoms with Crippen molar-refractivity contribution in [2.24, 2.45) is 0 Å². The zero-order valence-electron chi connectivity index (χ0n) is 8.85. The SMILES string of the molecule is Nc1cccc(F)c1NS(=O)(=O)c1sccc1Br. The molecular formula is C10H8BrFN2O2S2. The van der Waals surface area contributed by atoms with Crippen LogP contribution in [0.25, 0.3) is 0 Å². The first-order valence-corrected chi connectivity index (χ1v) is 7.87. The van der Waals surface area contributed by atoms with Crippen molar-refractivity contribution in [3.05, 3.63) is 39.9 Å². The molecule has 0 unspecified atom stereocenters. The maximum absolute atomic E-state index is 13.5. The monoisotopic (exact) mass is 350 g/mol. The lowest BCUT2D eigenvalue weighted by Gasteiger charge is -2.10. The molecule has 2 rings (SSSR count). The van der Waals surface area contributed by atoms with Crippen molar-refractivity contribution in [1.82, 2.24) is 0 Å². The summed E-state index contributed by atoms with van der Waals surface area (Å²) in [6, 6.07) is 5.57. The van der Waals surface area contributed by atoms with Gasteiger partial charge in [-0.3, -0.25) is 4.72 Å². The molecule has 1 aromatic carbocycles. The van der Waals surface area contributed by atoms with Gasteiger partial charge >= 0.3 is 0 Å². The van der Waals surface area contributed by atoms with Gasteiger partial charge in [-0.15, -0.1) is 11.3 Å². The van der Waals surface area contributed by atoms with Gasteiger partial charge < -0.3 is 5.73 Å². The fourth-order valence-corrected chi connectivity index (χ4v) is 4.74. The second kappa shape index (κ2) is 4.87. The summed E-state index contributed by atoms with van der Waals surface area (Å²) in [5.41, 5.74) is 5.34. The molecule has 8 heteroatoms. The van der Waals surface area contributed by atoms with Crippen LogP contribution in [0.5, 0.6) is 0 Å². The number of hydrogen-bond acceptors (Lipinski definition) is 4. The Morgan fingerprint density at radius 3 is 2.61 bits per heavy atom. The average molecular weight is 351 g/mol. The van der Waals surface area contributed by atoms with E-state index in [1.54, 1.807) is 11.4 Å². The zero-order chi connectivity index (χ0) is 13.3. The number of hydrogen-bond donors (Lipinski definition) is 2. The first kappa shape index (κ1) is 13.3. The Balaban J connectivity index is 2.44. The molecule has 4 nitrogen and oxygen atoms in total. The Kier molecular flexibility index (Phi) is 3.60. The lowest BCUT2D eigenvalue weighted by atomic mass is 10.3. The number of halogens is 2. The summed E-state index contributed by atoms with van der Waals surface area (Å²) in [7, 11) is -3.84. The number of sulfonamides is 1. The molecule has 0 spiro atoms. The zero-order valence-corrected chi connectivity index (χ0v) is 12.1. The number of rotatable bonds is 3. The minimum atomic E-state index is -3.84. The second-order valence-corrected chi connectivity index (χ2v) is 7.01. The van der Waals surface area contributed by atoms with E-state index in [2.05, 4.69) is 20.7 Å². The van der Waals surface area contributed by atoms with Crippen LogP contribution in [0.3, 0.4) is 0 Å². The van der Waals surface area contributed by atoms with E-state index in [-0.39, 0.29) is 15.6 Å². The van der Waals surface area contributed by atoms with E-state index < -0.39 is 15.8 Å².